The Kier molecular flexibility index (Phi) is 5.65. The van der Waals surface area contributed by atoms with Gasteiger partial charge in [-0.1, -0.05) is 36.6 Å². The van der Waals surface area contributed by atoms with Crippen molar-refractivity contribution in [2.75, 3.05) is 7.05 Å². The molecule has 5 nitrogen and oxygen atoms in total. The minimum absolute atomic E-state index is 0.0651. The molecule has 156 valence electrons. The highest BCUT2D eigenvalue weighted by atomic mass is 35.5. The van der Waals surface area contributed by atoms with Crippen molar-refractivity contribution in [1.82, 2.24) is 14.5 Å². The van der Waals surface area contributed by atoms with Crippen molar-refractivity contribution in [3.8, 4) is 5.69 Å². The number of aryl methyl sites for hydroxylation is 1. The summed E-state index contributed by atoms with van der Waals surface area (Å²) in [6.07, 6.45) is 4.07. The van der Waals surface area contributed by atoms with Crippen LogP contribution in [0.4, 0.5) is 0 Å². The molecule has 0 saturated heterocycles. The van der Waals surface area contributed by atoms with Crippen LogP contribution in [0.3, 0.4) is 0 Å². The van der Waals surface area contributed by atoms with Crippen LogP contribution in [-0.4, -0.2) is 27.4 Å². The van der Waals surface area contributed by atoms with Gasteiger partial charge in [-0.15, -0.1) is 0 Å². The molecule has 1 fully saturated rings. The van der Waals surface area contributed by atoms with Crippen molar-refractivity contribution in [2.24, 2.45) is 5.92 Å². The summed E-state index contributed by atoms with van der Waals surface area (Å²) in [5.41, 5.74) is 2.09. The van der Waals surface area contributed by atoms with Gasteiger partial charge in [0.05, 0.1) is 22.6 Å². The lowest BCUT2D eigenvalue weighted by atomic mass is 10.1. The van der Waals surface area contributed by atoms with Crippen molar-refractivity contribution >= 4 is 28.4 Å². The number of hydrogen-bond acceptors (Lipinski definition) is 3. The summed E-state index contributed by atoms with van der Waals surface area (Å²) in [6.45, 7) is 3.86. The smallest absolute Gasteiger partial charge is 0.266 e. The van der Waals surface area contributed by atoms with E-state index in [1.54, 1.807) is 21.6 Å². The number of aromatic nitrogens is 2. The molecule has 2 aromatic carbocycles. The lowest BCUT2D eigenvalue weighted by Gasteiger charge is -2.29. The van der Waals surface area contributed by atoms with Crippen molar-refractivity contribution in [3.63, 3.8) is 0 Å². The van der Waals surface area contributed by atoms with Gasteiger partial charge in [-0.2, -0.15) is 0 Å². The quantitative estimate of drug-likeness (QED) is 0.589. The topological polar surface area (TPSA) is 55.2 Å². The van der Waals surface area contributed by atoms with E-state index < -0.39 is 0 Å². The minimum atomic E-state index is -0.356. The third-order valence-corrected chi connectivity index (χ3v) is 6.44. The number of nitrogens with zero attached hydrogens (tertiary/aromatic N) is 3. The molecule has 0 aliphatic heterocycles. The molecular formula is C24H26ClN3O2. The number of halogens is 1. The van der Waals surface area contributed by atoms with E-state index in [1.165, 1.54) is 0 Å². The first-order chi connectivity index (χ1) is 14.4. The van der Waals surface area contributed by atoms with Crippen LogP contribution in [0.1, 0.15) is 50.0 Å². The number of rotatable bonds is 4. The largest absolute Gasteiger partial charge is 0.336 e. The van der Waals surface area contributed by atoms with Gasteiger partial charge in [0.25, 0.3) is 5.56 Å². The number of carbonyl (C=O) groups is 1. The molecule has 0 radical (unpaired) electrons. The molecule has 0 bridgehead atoms. The molecular weight excluding hydrogens is 398 g/mol. The average Bonchev–Trinajstić information content (AvgIpc) is 3.28. The van der Waals surface area contributed by atoms with Gasteiger partial charge < -0.3 is 4.90 Å². The Balaban J connectivity index is 1.89. The van der Waals surface area contributed by atoms with E-state index >= 15 is 0 Å². The maximum absolute atomic E-state index is 13.5. The molecule has 1 aliphatic rings. The standard InChI is InChI=1S/C24H26ClN3O2/c1-15-14-18(25)12-13-21(15)28-22(26-20-11-7-6-10-19(20)24(28)30)16(2)27(3)23(29)17-8-4-5-9-17/h6-7,10-14,16-17H,4-5,8-9H2,1-3H3. The summed E-state index contributed by atoms with van der Waals surface area (Å²) in [7, 11) is 1.81. The van der Waals surface area contributed by atoms with Gasteiger partial charge in [-0.3, -0.25) is 14.2 Å². The number of benzene rings is 2. The number of fused-ring (bicyclic) bond motifs is 1. The molecule has 3 aromatic rings. The van der Waals surface area contributed by atoms with Gasteiger partial charge >= 0.3 is 0 Å². The van der Waals surface area contributed by atoms with Crippen LogP contribution in [0.5, 0.6) is 0 Å². The van der Waals surface area contributed by atoms with Crippen LogP contribution < -0.4 is 5.56 Å². The van der Waals surface area contributed by atoms with Gasteiger partial charge in [0.15, 0.2) is 0 Å². The number of para-hydroxylation sites is 1. The Bertz CT molecular complexity index is 1160. The van der Waals surface area contributed by atoms with Crippen molar-refractivity contribution in [2.45, 2.75) is 45.6 Å². The summed E-state index contributed by atoms with van der Waals surface area (Å²) in [6, 6.07) is 12.4. The predicted octanol–water partition coefficient (Wildman–Crippen LogP) is 5.06. The molecule has 4 rings (SSSR count). The summed E-state index contributed by atoms with van der Waals surface area (Å²) in [5.74, 6) is 0.745. The Hall–Kier alpha value is -2.66. The van der Waals surface area contributed by atoms with Gasteiger partial charge in [0.2, 0.25) is 5.91 Å². The molecule has 0 spiro atoms. The van der Waals surface area contributed by atoms with Crippen LogP contribution >= 0.6 is 11.6 Å². The van der Waals surface area contributed by atoms with Crippen molar-refractivity contribution in [3.05, 3.63) is 69.2 Å². The Morgan fingerprint density at radius 3 is 2.60 bits per heavy atom. The van der Waals surface area contributed by atoms with E-state index in [0.717, 1.165) is 36.9 Å². The second kappa shape index (κ2) is 8.23. The molecule has 6 heteroatoms. The Morgan fingerprint density at radius 1 is 1.20 bits per heavy atom. The van der Waals surface area contributed by atoms with Crippen molar-refractivity contribution < 1.29 is 4.79 Å². The van der Waals surface area contributed by atoms with E-state index in [4.69, 9.17) is 16.6 Å². The van der Waals surface area contributed by atoms with Gasteiger partial charge in [0.1, 0.15) is 5.82 Å². The normalized spacial score (nSPS) is 15.5. The first kappa shape index (κ1) is 20.6. The Labute approximate surface area is 181 Å². The first-order valence-electron chi connectivity index (χ1n) is 10.4. The third-order valence-electron chi connectivity index (χ3n) is 6.21. The fourth-order valence-electron chi connectivity index (χ4n) is 4.36. The van der Waals surface area contributed by atoms with Crippen LogP contribution in [-0.2, 0) is 4.79 Å². The molecule has 1 aliphatic carbocycles. The molecule has 1 aromatic heterocycles. The maximum atomic E-state index is 13.5. The van der Waals surface area contributed by atoms with Gasteiger partial charge in [-0.05, 0) is 62.6 Å². The van der Waals surface area contributed by atoms with E-state index in [2.05, 4.69) is 0 Å². The summed E-state index contributed by atoms with van der Waals surface area (Å²) in [4.78, 5) is 33.2. The highest BCUT2D eigenvalue weighted by Crippen LogP contribution is 2.30. The second-order valence-electron chi connectivity index (χ2n) is 8.17. The Morgan fingerprint density at radius 2 is 1.90 bits per heavy atom. The molecule has 1 saturated carbocycles. The highest BCUT2D eigenvalue weighted by molar-refractivity contribution is 6.30. The first-order valence-corrected chi connectivity index (χ1v) is 10.8. The predicted molar refractivity (Wildman–Crippen MR) is 120 cm³/mol. The van der Waals surface area contributed by atoms with Crippen molar-refractivity contribution in [1.29, 1.82) is 0 Å². The average molecular weight is 424 g/mol. The fourth-order valence-corrected chi connectivity index (χ4v) is 4.58. The lowest BCUT2D eigenvalue weighted by molar-refractivity contribution is -0.136. The van der Waals surface area contributed by atoms with Gasteiger partial charge in [-0.25, -0.2) is 4.98 Å². The zero-order valence-electron chi connectivity index (χ0n) is 17.6. The molecule has 1 atom stereocenters. The van der Waals surface area contributed by atoms with Crippen LogP contribution in [0, 0.1) is 12.8 Å². The number of hydrogen-bond donors (Lipinski definition) is 0. The number of carbonyl (C=O) groups excluding carboxylic acids is 1. The van der Waals surface area contributed by atoms with E-state index in [0.29, 0.717) is 21.7 Å². The van der Waals surface area contributed by atoms with Crippen LogP contribution in [0.15, 0.2) is 47.3 Å². The van der Waals surface area contributed by atoms with Crippen LogP contribution in [0.2, 0.25) is 5.02 Å². The zero-order valence-corrected chi connectivity index (χ0v) is 18.3. The minimum Gasteiger partial charge on any atom is -0.336 e. The zero-order chi connectivity index (χ0) is 21.4. The summed E-state index contributed by atoms with van der Waals surface area (Å²) < 4.78 is 1.64. The monoisotopic (exact) mass is 423 g/mol. The van der Waals surface area contributed by atoms with E-state index in [-0.39, 0.29) is 23.4 Å². The highest BCUT2D eigenvalue weighted by Gasteiger charge is 2.30. The maximum Gasteiger partial charge on any atom is 0.266 e. The molecule has 1 unspecified atom stereocenters. The molecule has 1 amide bonds. The summed E-state index contributed by atoms with van der Waals surface area (Å²) in [5, 5.41) is 1.16. The van der Waals surface area contributed by atoms with E-state index in [1.807, 2.05) is 51.2 Å². The summed E-state index contributed by atoms with van der Waals surface area (Å²) >= 11 is 6.15. The third kappa shape index (κ3) is 3.63. The van der Waals surface area contributed by atoms with E-state index in [9.17, 15) is 9.59 Å². The lowest BCUT2D eigenvalue weighted by Crippen LogP contribution is -2.37. The molecule has 0 N–H and O–H groups in total. The molecule has 30 heavy (non-hydrogen) atoms. The number of amides is 1. The second-order valence-corrected chi connectivity index (χ2v) is 8.60. The van der Waals surface area contributed by atoms with Crippen LogP contribution in [0.25, 0.3) is 16.6 Å². The fraction of sp³-hybridized carbons (Fsp3) is 0.375. The SMILES string of the molecule is Cc1cc(Cl)ccc1-n1c(C(C)N(C)C(=O)C2CCCC2)nc2ccccc2c1=O. The van der Waals surface area contributed by atoms with Gasteiger partial charge in [0, 0.05) is 18.0 Å². The molecule has 1 heterocycles.